The molecule has 1 aromatic rings. The van der Waals surface area contributed by atoms with Gasteiger partial charge in [0.2, 0.25) is 0 Å². The molecule has 0 bridgehead atoms. The summed E-state index contributed by atoms with van der Waals surface area (Å²) in [5.41, 5.74) is 1.39. The molecule has 0 amide bonds. The predicted molar refractivity (Wildman–Crippen MR) is 74.5 cm³/mol. The second kappa shape index (κ2) is 7.33. The number of nitrogens with one attached hydrogen (secondary N) is 1. The summed E-state index contributed by atoms with van der Waals surface area (Å²) in [7, 11) is 0. The van der Waals surface area contributed by atoms with E-state index in [4.69, 9.17) is 0 Å². The van der Waals surface area contributed by atoms with Gasteiger partial charge in [-0.1, -0.05) is 0 Å². The van der Waals surface area contributed by atoms with Crippen molar-refractivity contribution in [3.63, 3.8) is 0 Å². The van der Waals surface area contributed by atoms with Crippen LogP contribution < -0.4 is 5.32 Å². The lowest BCUT2D eigenvalue weighted by molar-refractivity contribution is 0.271. The first-order chi connectivity index (χ1) is 7.67. The molecule has 92 valence electrons. The van der Waals surface area contributed by atoms with E-state index < -0.39 is 0 Å². The Hall–Kier alpha value is -0.0300. The van der Waals surface area contributed by atoms with Crippen LogP contribution in [0.4, 0.5) is 0 Å². The van der Waals surface area contributed by atoms with Gasteiger partial charge in [-0.3, -0.25) is 0 Å². The third-order valence-electron chi connectivity index (χ3n) is 2.71. The molecule has 0 spiro atoms. The van der Waals surface area contributed by atoms with Gasteiger partial charge < -0.3 is 10.4 Å². The third-order valence-corrected chi connectivity index (χ3v) is 4.60. The highest BCUT2D eigenvalue weighted by atomic mass is 32.2. The average molecular weight is 259 g/mol. The van der Waals surface area contributed by atoms with Crippen LogP contribution >= 0.6 is 23.1 Å². The predicted octanol–water partition coefficient (Wildman–Crippen LogP) is 2.38. The number of thiophene rings is 1. The highest BCUT2D eigenvalue weighted by molar-refractivity contribution is 7.99. The Labute approximate surface area is 106 Å². The van der Waals surface area contributed by atoms with Crippen molar-refractivity contribution in [1.82, 2.24) is 5.32 Å². The van der Waals surface area contributed by atoms with Crippen LogP contribution in [-0.2, 0) is 6.42 Å². The molecule has 2 N–H and O–H groups in total. The normalized spacial score (nSPS) is 17.0. The van der Waals surface area contributed by atoms with Crippen LogP contribution in [0.1, 0.15) is 19.4 Å². The molecule has 0 saturated carbocycles. The summed E-state index contributed by atoms with van der Waals surface area (Å²) in [6, 6.07) is 2.96. The van der Waals surface area contributed by atoms with Crippen molar-refractivity contribution in [3.05, 3.63) is 22.4 Å². The van der Waals surface area contributed by atoms with Crippen LogP contribution in [0.15, 0.2) is 16.8 Å². The van der Waals surface area contributed by atoms with Crippen LogP contribution in [-0.4, -0.2) is 35.3 Å². The Bertz CT molecular complexity index is 273. The summed E-state index contributed by atoms with van der Waals surface area (Å²) in [5.74, 6) is 0. The lowest BCUT2D eigenvalue weighted by Gasteiger charge is -2.25. The Morgan fingerprint density at radius 2 is 2.25 bits per heavy atom. The standard InChI is InChI=1S/C12H21NOS2/c1-9(6-11-4-5-16-8-11)13-10(2)12(7-14)15-3/h4-5,8-10,12-14H,6-7H2,1-3H3. The Balaban J connectivity index is 2.35. The maximum absolute atomic E-state index is 9.21. The second-order valence-corrected chi connectivity index (χ2v) is 6.01. The van der Waals surface area contributed by atoms with Gasteiger partial charge in [0, 0.05) is 17.3 Å². The van der Waals surface area contributed by atoms with Crippen molar-refractivity contribution < 1.29 is 5.11 Å². The largest absolute Gasteiger partial charge is 0.395 e. The van der Waals surface area contributed by atoms with E-state index in [2.05, 4.69) is 36.0 Å². The fraction of sp³-hybridized carbons (Fsp3) is 0.667. The molecule has 1 rings (SSSR count). The van der Waals surface area contributed by atoms with E-state index in [1.807, 2.05) is 6.26 Å². The van der Waals surface area contributed by atoms with Crippen molar-refractivity contribution in [2.75, 3.05) is 12.9 Å². The highest BCUT2D eigenvalue weighted by Gasteiger charge is 2.17. The van der Waals surface area contributed by atoms with Gasteiger partial charge in [-0.15, -0.1) is 0 Å². The van der Waals surface area contributed by atoms with E-state index in [9.17, 15) is 5.11 Å². The van der Waals surface area contributed by atoms with Crippen molar-refractivity contribution >= 4 is 23.1 Å². The molecule has 1 aromatic heterocycles. The number of thioether (sulfide) groups is 1. The SMILES string of the molecule is CSC(CO)C(C)NC(C)Cc1ccsc1. The van der Waals surface area contributed by atoms with Crippen LogP contribution in [0.2, 0.25) is 0 Å². The van der Waals surface area contributed by atoms with Gasteiger partial charge in [0.1, 0.15) is 0 Å². The monoisotopic (exact) mass is 259 g/mol. The highest BCUT2D eigenvalue weighted by Crippen LogP contribution is 2.13. The zero-order valence-electron chi connectivity index (χ0n) is 10.1. The molecule has 0 radical (unpaired) electrons. The van der Waals surface area contributed by atoms with Crippen molar-refractivity contribution in [2.24, 2.45) is 0 Å². The van der Waals surface area contributed by atoms with E-state index >= 15 is 0 Å². The number of rotatable bonds is 7. The second-order valence-electron chi connectivity index (χ2n) is 4.15. The fourth-order valence-electron chi connectivity index (χ4n) is 1.81. The third kappa shape index (κ3) is 4.45. The zero-order valence-corrected chi connectivity index (χ0v) is 11.8. The van der Waals surface area contributed by atoms with E-state index in [0.29, 0.717) is 12.1 Å². The van der Waals surface area contributed by atoms with Gasteiger partial charge in [-0.05, 0) is 48.9 Å². The summed E-state index contributed by atoms with van der Waals surface area (Å²) in [4.78, 5) is 0. The quantitative estimate of drug-likeness (QED) is 0.788. The molecule has 2 nitrogen and oxygen atoms in total. The molecule has 0 aliphatic rings. The fourth-order valence-corrected chi connectivity index (χ4v) is 3.13. The Kier molecular flexibility index (Phi) is 6.43. The molecule has 3 unspecified atom stereocenters. The smallest absolute Gasteiger partial charge is 0.0564 e. The van der Waals surface area contributed by atoms with Crippen molar-refractivity contribution in [1.29, 1.82) is 0 Å². The first-order valence-electron chi connectivity index (χ1n) is 5.58. The molecule has 4 heteroatoms. The molecule has 3 atom stereocenters. The van der Waals surface area contributed by atoms with Gasteiger partial charge >= 0.3 is 0 Å². The maximum Gasteiger partial charge on any atom is 0.0564 e. The molecule has 0 aromatic carbocycles. The Morgan fingerprint density at radius 3 is 2.75 bits per heavy atom. The van der Waals surface area contributed by atoms with E-state index in [1.165, 1.54) is 5.56 Å². The van der Waals surface area contributed by atoms with Gasteiger partial charge in [0.15, 0.2) is 0 Å². The Morgan fingerprint density at radius 1 is 1.50 bits per heavy atom. The van der Waals surface area contributed by atoms with Gasteiger partial charge in [0.05, 0.1) is 6.61 Å². The lowest BCUT2D eigenvalue weighted by atomic mass is 10.1. The minimum absolute atomic E-state index is 0.237. The lowest BCUT2D eigenvalue weighted by Crippen LogP contribution is -2.43. The zero-order chi connectivity index (χ0) is 12.0. The van der Waals surface area contributed by atoms with E-state index in [1.54, 1.807) is 23.1 Å². The van der Waals surface area contributed by atoms with Crippen LogP contribution in [0.25, 0.3) is 0 Å². The maximum atomic E-state index is 9.21. The molecule has 0 fully saturated rings. The van der Waals surface area contributed by atoms with E-state index in [0.717, 1.165) is 6.42 Å². The summed E-state index contributed by atoms with van der Waals surface area (Å²) < 4.78 is 0. The van der Waals surface area contributed by atoms with Gasteiger partial charge in [-0.2, -0.15) is 23.1 Å². The average Bonchev–Trinajstić information content (AvgIpc) is 2.71. The number of hydrogen-bond acceptors (Lipinski definition) is 4. The molecular weight excluding hydrogens is 238 g/mol. The topological polar surface area (TPSA) is 32.3 Å². The van der Waals surface area contributed by atoms with Gasteiger partial charge in [-0.25, -0.2) is 0 Å². The number of aliphatic hydroxyl groups is 1. The summed E-state index contributed by atoms with van der Waals surface area (Å²) in [6.45, 7) is 4.57. The van der Waals surface area contributed by atoms with Crippen LogP contribution in [0, 0.1) is 0 Å². The number of hydrogen-bond donors (Lipinski definition) is 2. The first kappa shape index (κ1) is 14.0. The van der Waals surface area contributed by atoms with E-state index in [-0.39, 0.29) is 11.9 Å². The summed E-state index contributed by atoms with van der Waals surface area (Å²) in [6.07, 6.45) is 3.10. The van der Waals surface area contributed by atoms with Crippen molar-refractivity contribution in [3.8, 4) is 0 Å². The molecule has 1 heterocycles. The molecule has 0 aliphatic heterocycles. The molecular formula is C12H21NOS2. The van der Waals surface area contributed by atoms with Crippen LogP contribution in [0.3, 0.4) is 0 Å². The molecule has 0 saturated heterocycles. The summed E-state index contributed by atoms with van der Waals surface area (Å²) >= 11 is 3.46. The number of aliphatic hydroxyl groups excluding tert-OH is 1. The minimum Gasteiger partial charge on any atom is -0.395 e. The minimum atomic E-state index is 0.237. The van der Waals surface area contributed by atoms with Gasteiger partial charge in [0.25, 0.3) is 0 Å². The van der Waals surface area contributed by atoms with Crippen LogP contribution in [0.5, 0.6) is 0 Å². The summed E-state index contributed by atoms with van der Waals surface area (Å²) in [5, 5.41) is 17.3. The first-order valence-corrected chi connectivity index (χ1v) is 7.81. The molecule has 16 heavy (non-hydrogen) atoms. The van der Waals surface area contributed by atoms with Crippen molar-refractivity contribution in [2.45, 2.75) is 37.6 Å². The molecule has 0 aliphatic carbocycles.